The van der Waals surface area contributed by atoms with Crippen LogP contribution < -0.4 is 10.6 Å². The Hall–Kier alpha value is -2.55. The molecule has 8 nitrogen and oxygen atoms in total. The van der Waals surface area contributed by atoms with Crippen molar-refractivity contribution >= 4 is 40.8 Å². The molecule has 0 aliphatic rings. The highest BCUT2D eigenvalue weighted by molar-refractivity contribution is 7.99. The van der Waals surface area contributed by atoms with Crippen molar-refractivity contribution in [1.82, 2.24) is 15.6 Å². The summed E-state index contributed by atoms with van der Waals surface area (Å²) in [5.74, 6) is -1.36. The van der Waals surface area contributed by atoms with E-state index in [1.54, 1.807) is 12.1 Å². The van der Waals surface area contributed by atoms with Crippen LogP contribution in [0.2, 0.25) is 0 Å². The van der Waals surface area contributed by atoms with Gasteiger partial charge in [-0.1, -0.05) is 30.8 Å². The van der Waals surface area contributed by atoms with E-state index in [1.807, 2.05) is 26.0 Å². The van der Waals surface area contributed by atoms with Gasteiger partial charge in [-0.15, -0.1) is 0 Å². The molecule has 0 radical (unpaired) electrons. The Morgan fingerprint density at radius 2 is 2.08 bits per heavy atom. The van der Waals surface area contributed by atoms with Crippen molar-refractivity contribution < 1.29 is 23.5 Å². The maximum absolute atomic E-state index is 11.7. The Morgan fingerprint density at radius 1 is 1.32 bits per heavy atom. The second kappa shape index (κ2) is 9.07. The summed E-state index contributed by atoms with van der Waals surface area (Å²) >= 11 is 1.07. The fourth-order valence-electron chi connectivity index (χ4n) is 1.75. The molecule has 0 unspecified atom stereocenters. The molecule has 0 saturated heterocycles. The molecule has 1 aromatic carbocycles. The van der Waals surface area contributed by atoms with Crippen molar-refractivity contribution in [1.29, 1.82) is 0 Å². The van der Waals surface area contributed by atoms with Gasteiger partial charge in [0.25, 0.3) is 11.1 Å². The first kappa shape index (κ1) is 18.8. The number of ether oxygens (including phenoxy) is 1. The fraction of sp³-hybridized carbons (Fsp3) is 0.375. The number of aromatic nitrogens is 1. The number of amides is 3. The third-order valence-electron chi connectivity index (χ3n) is 3.19. The average molecular weight is 365 g/mol. The van der Waals surface area contributed by atoms with Gasteiger partial charge in [0, 0.05) is 6.04 Å². The normalized spacial score (nSPS) is 11.8. The lowest BCUT2D eigenvalue weighted by atomic mass is 10.3. The van der Waals surface area contributed by atoms with Crippen molar-refractivity contribution in [3.8, 4) is 0 Å². The van der Waals surface area contributed by atoms with E-state index in [9.17, 15) is 14.4 Å². The third kappa shape index (κ3) is 6.11. The van der Waals surface area contributed by atoms with Crippen LogP contribution in [0.3, 0.4) is 0 Å². The lowest BCUT2D eigenvalue weighted by Crippen LogP contribution is -2.44. The zero-order valence-corrected chi connectivity index (χ0v) is 14.7. The van der Waals surface area contributed by atoms with Gasteiger partial charge in [-0.2, -0.15) is 0 Å². The highest BCUT2D eigenvalue weighted by Crippen LogP contribution is 2.22. The van der Waals surface area contributed by atoms with Gasteiger partial charge in [0.15, 0.2) is 12.2 Å². The molecular formula is C16H19N3O5S. The predicted octanol–water partition coefficient (Wildman–Crippen LogP) is 2.09. The largest absolute Gasteiger partial charge is 0.455 e. The first-order valence-corrected chi connectivity index (χ1v) is 8.70. The topological polar surface area (TPSA) is 111 Å². The molecule has 1 atom stereocenters. The van der Waals surface area contributed by atoms with E-state index in [2.05, 4.69) is 15.6 Å². The van der Waals surface area contributed by atoms with E-state index in [0.29, 0.717) is 16.3 Å². The summed E-state index contributed by atoms with van der Waals surface area (Å²) in [7, 11) is 0. The lowest BCUT2D eigenvalue weighted by molar-refractivity contribution is -0.145. The molecule has 1 heterocycles. The maximum atomic E-state index is 11.7. The summed E-state index contributed by atoms with van der Waals surface area (Å²) in [6.45, 7) is 3.19. The minimum Gasteiger partial charge on any atom is -0.455 e. The summed E-state index contributed by atoms with van der Waals surface area (Å²) < 4.78 is 10.3. The number of imide groups is 1. The molecule has 0 aliphatic carbocycles. The van der Waals surface area contributed by atoms with Gasteiger partial charge in [0.2, 0.25) is 0 Å². The van der Waals surface area contributed by atoms with Gasteiger partial charge < -0.3 is 14.5 Å². The van der Waals surface area contributed by atoms with E-state index in [-0.39, 0.29) is 11.8 Å². The molecule has 0 fully saturated rings. The number of oxazole rings is 1. The number of benzene rings is 1. The number of nitrogens with one attached hydrogen (secondary N) is 2. The van der Waals surface area contributed by atoms with Crippen LogP contribution in [0.25, 0.3) is 11.1 Å². The van der Waals surface area contributed by atoms with Crippen LogP contribution >= 0.6 is 11.8 Å². The molecule has 25 heavy (non-hydrogen) atoms. The molecule has 2 N–H and O–H groups in total. The van der Waals surface area contributed by atoms with E-state index in [0.717, 1.165) is 18.2 Å². The molecule has 134 valence electrons. The molecule has 2 rings (SSSR count). The van der Waals surface area contributed by atoms with Crippen LogP contribution in [0.4, 0.5) is 4.79 Å². The number of hydrogen-bond acceptors (Lipinski definition) is 7. The number of urea groups is 1. The Bertz CT molecular complexity index is 728. The van der Waals surface area contributed by atoms with Crippen LogP contribution in [-0.2, 0) is 14.3 Å². The van der Waals surface area contributed by atoms with Crippen molar-refractivity contribution in [2.45, 2.75) is 31.5 Å². The number of rotatable bonds is 7. The SMILES string of the molecule is CC[C@H](C)NC(=O)NC(=O)COC(=O)CSc1nc2ccccc2o1. The van der Waals surface area contributed by atoms with Crippen molar-refractivity contribution in [3.63, 3.8) is 0 Å². The molecule has 0 aliphatic heterocycles. The van der Waals surface area contributed by atoms with Gasteiger partial charge in [-0.3, -0.25) is 14.9 Å². The van der Waals surface area contributed by atoms with Crippen LogP contribution in [0, 0.1) is 0 Å². The van der Waals surface area contributed by atoms with E-state index in [4.69, 9.17) is 9.15 Å². The van der Waals surface area contributed by atoms with Gasteiger partial charge in [0.1, 0.15) is 11.3 Å². The van der Waals surface area contributed by atoms with Crippen LogP contribution in [0.15, 0.2) is 33.9 Å². The maximum Gasteiger partial charge on any atom is 0.321 e. The van der Waals surface area contributed by atoms with E-state index in [1.165, 1.54) is 0 Å². The summed E-state index contributed by atoms with van der Waals surface area (Å²) in [6, 6.07) is 6.57. The second-order valence-corrected chi connectivity index (χ2v) is 6.15. The summed E-state index contributed by atoms with van der Waals surface area (Å²) in [5.41, 5.74) is 1.33. The van der Waals surface area contributed by atoms with Crippen LogP contribution in [0.1, 0.15) is 20.3 Å². The Balaban J connectivity index is 1.69. The summed E-state index contributed by atoms with van der Waals surface area (Å²) in [5, 5.41) is 5.00. The third-order valence-corrected chi connectivity index (χ3v) is 4.00. The molecule has 1 aromatic heterocycles. The number of fused-ring (bicyclic) bond motifs is 1. The van der Waals surface area contributed by atoms with Gasteiger partial charge in [0.05, 0.1) is 0 Å². The molecule has 0 saturated carbocycles. The number of carbonyl (C=O) groups is 3. The second-order valence-electron chi connectivity index (χ2n) is 5.23. The quantitative estimate of drug-likeness (QED) is 0.571. The average Bonchev–Trinajstić information content (AvgIpc) is 3.00. The molecule has 2 aromatic rings. The van der Waals surface area contributed by atoms with E-state index < -0.39 is 24.5 Å². The van der Waals surface area contributed by atoms with Crippen molar-refractivity contribution in [3.05, 3.63) is 24.3 Å². The lowest BCUT2D eigenvalue weighted by Gasteiger charge is -2.11. The molecular weight excluding hydrogens is 346 g/mol. The zero-order chi connectivity index (χ0) is 18.2. The number of esters is 1. The molecule has 0 bridgehead atoms. The standard InChI is InChI=1S/C16H19N3O5S/c1-3-10(2)17-15(22)19-13(20)8-23-14(21)9-25-16-18-11-6-4-5-7-12(11)24-16/h4-7,10H,3,8-9H2,1-2H3,(H2,17,19,20,22)/t10-/m0/s1. The van der Waals surface area contributed by atoms with Crippen LogP contribution in [0.5, 0.6) is 0 Å². The predicted molar refractivity (Wildman–Crippen MR) is 92.1 cm³/mol. The number of nitrogens with zero attached hydrogens (tertiary/aromatic N) is 1. The number of para-hydroxylation sites is 2. The Labute approximate surface area is 148 Å². The number of carbonyl (C=O) groups excluding carboxylic acids is 3. The fourth-order valence-corrected chi connectivity index (χ4v) is 2.38. The smallest absolute Gasteiger partial charge is 0.321 e. The first-order valence-electron chi connectivity index (χ1n) is 7.72. The van der Waals surface area contributed by atoms with Gasteiger partial charge >= 0.3 is 12.0 Å². The summed E-state index contributed by atoms with van der Waals surface area (Å²) in [4.78, 5) is 38.9. The first-order chi connectivity index (χ1) is 12.0. The van der Waals surface area contributed by atoms with E-state index >= 15 is 0 Å². The van der Waals surface area contributed by atoms with Gasteiger partial charge in [-0.05, 0) is 25.5 Å². The van der Waals surface area contributed by atoms with Crippen molar-refractivity contribution in [2.75, 3.05) is 12.4 Å². The van der Waals surface area contributed by atoms with Crippen LogP contribution in [-0.4, -0.2) is 41.3 Å². The highest BCUT2D eigenvalue weighted by atomic mass is 32.2. The molecule has 0 spiro atoms. The zero-order valence-electron chi connectivity index (χ0n) is 13.9. The number of thioether (sulfide) groups is 1. The van der Waals surface area contributed by atoms with Crippen molar-refractivity contribution in [2.24, 2.45) is 0 Å². The Morgan fingerprint density at radius 3 is 2.80 bits per heavy atom. The number of hydrogen-bond donors (Lipinski definition) is 2. The molecule has 3 amide bonds. The summed E-state index contributed by atoms with van der Waals surface area (Å²) in [6.07, 6.45) is 0.740. The Kier molecular flexibility index (Phi) is 6.81. The minimum atomic E-state index is -0.694. The van der Waals surface area contributed by atoms with Gasteiger partial charge in [-0.25, -0.2) is 9.78 Å². The molecule has 9 heteroatoms. The monoisotopic (exact) mass is 365 g/mol. The minimum absolute atomic E-state index is 0.0527. The highest BCUT2D eigenvalue weighted by Gasteiger charge is 2.14.